The molecule has 0 bridgehead atoms. The third-order valence-corrected chi connectivity index (χ3v) is 6.60. The van der Waals surface area contributed by atoms with Crippen LogP contribution in [0.1, 0.15) is 11.0 Å². The van der Waals surface area contributed by atoms with Gasteiger partial charge in [-0.2, -0.15) is 0 Å². The van der Waals surface area contributed by atoms with E-state index in [4.69, 9.17) is 0 Å². The van der Waals surface area contributed by atoms with Crippen molar-refractivity contribution in [3.63, 3.8) is 0 Å². The Balaban J connectivity index is 1.17. The standard InChI is InChI=1S/C22H29N7OS/c1-23-21(27-16-18(30)20-15-17-5-2-3-6-19(17)31-20)24-9-10-28-11-13-29(14-12-28)22-25-7-4-8-26-22/h2-8,15,18,30H,9-14,16H2,1H3,(H2,23,24,27). The Morgan fingerprint density at radius 2 is 1.90 bits per heavy atom. The number of nitrogens with one attached hydrogen (secondary N) is 2. The Morgan fingerprint density at radius 3 is 2.65 bits per heavy atom. The SMILES string of the molecule is CN=C(NCCN1CCN(c2ncccn2)CC1)NCC(O)c1cc2ccccc2s1. The number of aromatic nitrogens is 2. The largest absolute Gasteiger partial charge is 0.386 e. The smallest absolute Gasteiger partial charge is 0.225 e. The van der Waals surface area contributed by atoms with Crippen molar-refractivity contribution < 1.29 is 5.11 Å². The van der Waals surface area contributed by atoms with Gasteiger partial charge in [0.25, 0.3) is 0 Å². The van der Waals surface area contributed by atoms with E-state index in [0.717, 1.165) is 50.1 Å². The molecule has 1 unspecified atom stereocenters. The topological polar surface area (TPSA) is 88.9 Å². The number of nitrogens with zero attached hydrogens (tertiary/aromatic N) is 5. The highest BCUT2D eigenvalue weighted by atomic mass is 32.1. The number of anilines is 1. The summed E-state index contributed by atoms with van der Waals surface area (Å²) >= 11 is 1.63. The number of hydrogen-bond donors (Lipinski definition) is 3. The van der Waals surface area contributed by atoms with Crippen LogP contribution in [0.25, 0.3) is 10.1 Å². The van der Waals surface area contributed by atoms with E-state index >= 15 is 0 Å². The number of fused-ring (bicyclic) bond motifs is 1. The first-order valence-corrected chi connectivity index (χ1v) is 11.4. The Hall–Kier alpha value is -2.75. The summed E-state index contributed by atoms with van der Waals surface area (Å²) in [4.78, 5) is 18.5. The van der Waals surface area contributed by atoms with Gasteiger partial charge in [0.2, 0.25) is 5.95 Å². The normalized spacial score (nSPS) is 16.5. The highest BCUT2D eigenvalue weighted by Gasteiger charge is 2.18. The number of thiophene rings is 1. The maximum Gasteiger partial charge on any atom is 0.225 e. The van der Waals surface area contributed by atoms with E-state index in [1.54, 1.807) is 30.8 Å². The molecule has 3 N–H and O–H groups in total. The van der Waals surface area contributed by atoms with Crippen molar-refractivity contribution in [3.8, 4) is 0 Å². The quantitative estimate of drug-likeness (QED) is 0.381. The molecule has 164 valence electrons. The summed E-state index contributed by atoms with van der Waals surface area (Å²) in [7, 11) is 1.75. The highest BCUT2D eigenvalue weighted by Crippen LogP contribution is 2.29. The average molecular weight is 440 g/mol. The first-order valence-electron chi connectivity index (χ1n) is 10.6. The monoisotopic (exact) mass is 439 g/mol. The van der Waals surface area contributed by atoms with E-state index < -0.39 is 6.10 Å². The lowest BCUT2D eigenvalue weighted by Gasteiger charge is -2.34. The Kier molecular flexibility index (Phi) is 7.29. The van der Waals surface area contributed by atoms with Gasteiger partial charge in [0.15, 0.2) is 5.96 Å². The zero-order chi connectivity index (χ0) is 21.5. The summed E-state index contributed by atoms with van der Waals surface area (Å²) < 4.78 is 1.19. The molecule has 9 heteroatoms. The summed E-state index contributed by atoms with van der Waals surface area (Å²) in [6.07, 6.45) is 3.01. The third-order valence-electron chi connectivity index (χ3n) is 5.39. The molecule has 1 atom stereocenters. The summed E-state index contributed by atoms with van der Waals surface area (Å²) in [5, 5.41) is 18.3. The van der Waals surface area contributed by atoms with Crippen LogP contribution in [-0.4, -0.2) is 78.8 Å². The van der Waals surface area contributed by atoms with Gasteiger partial charge in [-0.15, -0.1) is 11.3 Å². The minimum atomic E-state index is -0.566. The van der Waals surface area contributed by atoms with Crippen LogP contribution in [0.3, 0.4) is 0 Å². The van der Waals surface area contributed by atoms with Crippen LogP contribution in [0.4, 0.5) is 5.95 Å². The van der Waals surface area contributed by atoms with Crippen molar-refractivity contribution in [2.24, 2.45) is 4.99 Å². The fourth-order valence-corrected chi connectivity index (χ4v) is 4.69. The second-order valence-electron chi connectivity index (χ2n) is 7.46. The van der Waals surface area contributed by atoms with E-state index in [1.807, 2.05) is 18.2 Å². The van der Waals surface area contributed by atoms with Crippen LogP contribution in [0.2, 0.25) is 0 Å². The Bertz CT molecular complexity index is 953. The summed E-state index contributed by atoms with van der Waals surface area (Å²) in [5.41, 5.74) is 0. The molecule has 0 saturated carbocycles. The molecule has 2 aromatic heterocycles. The van der Waals surface area contributed by atoms with Gasteiger partial charge >= 0.3 is 0 Å². The third kappa shape index (κ3) is 5.69. The second kappa shape index (κ2) is 10.5. The summed E-state index contributed by atoms with van der Waals surface area (Å²) in [6, 6.07) is 12.1. The Labute approximate surface area is 186 Å². The lowest BCUT2D eigenvalue weighted by molar-refractivity contribution is 0.184. The molecule has 8 nitrogen and oxygen atoms in total. The fourth-order valence-electron chi connectivity index (χ4n) is 3.64. The molecule has 1 fully saturated rings. The number of piperazine rings is 1. The fraction of sp³-hybridized carbons (Fsp3) is 0.409. The molecule has 0 radical (unpaired) electrons. The van der Waals surface area contributed by atoms with Gasteiger partial charge in [-0.05, 0) is 23.6 Å². The van der Waals surface area contributed by atoms with Crippen LogP contribution in [0.15, 0.2) is 53.8 Å². The molecule has 1 aromatic carbocycles. The molecule has 3 aromatic rings. The van der Waals surface area contributed by atoms with Gasteiger partial charge in [0.1, 0.15) is 6.10 Å². The molecule has 1 saturated heterocycles. The van der Waals surface area contributed by atoms with Gasteiger partial charge in [0.05, 0.1) is 0 Å². The van der Waals surface area contributed by atoms with Crippen molar-refractivity contribution in [3.05, 3.63) is 53.7 Å². The summed E-state index contributed by atoms with van der Waals surface area (Å²) in [6.45, 7) is 5.97. The van der Waals surface area contributed by atoms with Gasteiger partial charge < -0.3 is 20.6 Å². The molecule has 4 rings (SSSR count). The molecule has 0 spiro atoms. The molecule has 1 aliphatic heterocycles. The summed E-state index contributed by atoms with van der Waals surface area (Å²) in [5.74, 6) is 1.51. The lowest BCUT2D eigenvalue weighted by Crippen LogP contribution is -2.49. The number of guanidine groups is 1. The van der Waals surface area contributed by atoms with Gasteiger partial charge in [-0.25, -0.2) is 9.97 Å². The predicted molar refractivity (Wildman–Crippen MR) is 127 cm³/mol. The van der Waals surface area contributed by atoms with E-state index in [-0.39, 0.29) is 0 Å². The molecular weight excluding hydrogens is 410 g/mol. The molecule has 1 aliphatic rings. The number of hydrogen-bond acceptors (Lipinski definition) is 7. The number of rotatable bonds is 7. The van der Waals surface area contributed by atoms with Gasteiger partial charge in [-0.1, -0.05) is 18.2 Å². The highest BCUT2D eigenvalue weighted by molar-refractivity contribution is 7.19. The Morgan fingerprint density at radius 1 is 1.13 bits per heavy atom. The minimum absolute atomic E-state index is 0.419. The van der Waals surface area contributed by atoms with Crippen molar-refractivity contribution >= 4 is 33.3 Å². The van der Waals surface area contributed by atoms with Crippen molar-refractivity contribution in [2.45, 2.75) is 6.10 Å². The van der Waals surface area contributed by atoms with Crippen LogP contribution in [0, 0.1) is 0 Å². The molecule has 0 amide bonds. The minimum Gasteiger partial charge on any atom is -0.386 e. The van der Waals surface area contributed by atoms with Gasteiger partial charge in [-0.3, -0.25) is 9.89 Å². The molecule has 3 heterocycles. The van der Waals surface area contributed by atoms with E-state index in [2.05, 4.69) is 53.6 Å². The van der Waals surface area contributed by atoms with Crippen LogP contribution in [0.5, 0.6) is 0 Å². The van der Waals surface area contributed by atoms with Crippen LogP contribution < -0.4 is 15.5 Å². The number of aliphatic imine (C=N–C) groups is 1. The first-order chi connectivity index (χ1) is 15.2. The molecule has 31 heavy (non-hydrogen) atoms. The van der Waals surface area contributed by atoms with E-state index in [9.17, 15) is 5.11 Å². The maximum absolute atomic E-state index is 10.6. The number of benzene rings is 1. The van der Waals surface area contributed by atoms with Crippen molar-refractivity contribution in [1.29, 1.82) is 0 Å². The van der Waals surface area contributed by atoms with Crippen molar-refractivity contribution in [1.82, 2.24) is 25.5 Å². The average Bonchev–Trinajstić information content (AvgIpc) is 3.26. The maximum atomic E-state index is 10.6. The molecule has 0 aliphatic carbocycles. The zero-order valence-corrected chi connectivity index (χ0v) is 18.6. The number of aliphatic hydroxyl groups excluding tert-OH is 1. The van der Waals surface area contributed by atoms with Gasteiger partial charge in [0, 0.05) is 74.8 Å². The van der Waals surface area contributed by atoms with E-state index in [0.29, 0.717) is 12.5 Å². The van der Waals surface area contributed by atoms with E-state index in [1.165, 1.54) is 10.1 Å². The van der Waals surface area contributed by atoms with Crippen LogP contribution in [-0.2, 0) is 0 Å². The van der Waals surface area contributed by atoms with Crippen LogP contribution >= 0.6 is 11.3 Å². The predicted octanol–water partition coefficient (Wildman–Crippen LogP) is 1.71. The van der Waals surface area contributed by atoms with Crippen molar-refractivity contribution in [2.75, 3.05) is 57.8 Å². The zero-order valence-electron chi connectivity index (χ0n) is 17.7. The molecular formula is C22H29N7OS. The lowest BCUT2D eigenvalue weighted by atomic mass is 10.2. The second-order valence-corrected chi connectivity index (χ2v) is 8.58. The first kappa shape index (κ1) is 21.5. The number of aliphatic hydroxyl groups is 1.